The molecule has 4 atom stereocenters. The number of hydrogen-bond acceptors (Lipinski definition) is 2. The minimum atomic E-state index is -0.589. The van der Waals surface area contributed by atoms with E-state index in [4.69, 9.17) is 4.74 Å². The Labute approximate surface area is 226 Å². The first-order chi connectivity index (χ1) is 18.6. The minimum Gasteiger partial charge on any atom is -0.426 e. The Kier molecular flexibility index (Phi) is 6.43. The summed E-state index contributed by atoms with van der Waals surface area (Å²) < 4.78 is 6.23. The Morgan fingerprint density at radius 1 is 0.684 bits per heavy atom. The molecule has 0 spiro atoms. The smallest absolute Gasteiger partial charge is 0.317 e. The molecule has 0 aromatic heterocycles. The maximum Gasteiger partial charge on any atom is 0.317 e. The molecular formula is C36H36O2. The van der Waals surface area contributed by atoms with Crippen LogP contribution >= 0.6 is 0 Å². The Bertz CT molecular complexity index is 1370. The number of ether oxygens (including phenoxy) is 1. The Balaban J connectivity index is 1.53. The topological polar surface area (TPSA) is 26.3 Å². The molecule has 2 heteroatoms. The fourth-order valence-corrected chi connectivity index (χ4v) is 7.89. The molecular weight excluding hydrogens is 464 g/mol. The normalized spacial score (nSPS) is 28.4. The number of fused-ring (bicyclic) bond motifs is 2. The van der Waals surface area contributed by atoms with Gasteiger partial charge >= 0.3 is 5.97 Å². The van der Waals surface area contributed by atoms with Crippen LogP contribution in [0.1, 0.15) is 68.1 Å². The number of benzene rings is 4. The van der Waals surface area contributed by atoms with Gasteiger partial charge in [-0.3, -0.25) is 4.79 Å². The SMILES string of the molecule is CCC1(c2ccccc2)CC2(C(=O)Oc3ccccc3)CC(c3ccccc3)CC(c3ccccc3)(C2)C1. The molecule has 6 rings (SSSR count). The molecule has 4 aromatic carbocycles. The number of carbonyl (C=O) groups is 1. The predicted octanol–water partition coefficient (Wildman–Crippen LogP) is 8.63. The standard InChI is InChI=1S/C36H36O2/c1-2-34(30-17-9-4-10-18-30)25-35(31-19-11-5-12-20-31)23-29(28-15-7-3-8-16-28)24-36(26-34,27-35)33(37)38-32-21-13-6-14-22-32/h3-22,29H,2,23-27H2,1H3. The largest absolute Gasteiger partial charge is 0.426 e. The maximum atomic E-state index is 14.5. The van der Waals surface area contributed by atoms with Crippen molar-refractivity contribution in [1.29, 1.82) is 0 Å². The lowest BCUT2D eigenvalue weighted by atomic mass is 9.43. The molecule has 4 aromatic rings. The van der Waals surface area contributed by atoms with E-state index in [1.54, 1.807) is 0 Å². The summed E-state index contributed by atoms with van der Waals surface area (Å²) in [6, 6.07) is 42.4. The summed E-state index contributed by atoms with van der Waals surface area (Å²) in [6.07, 6.45) is 5.51. The van der Waals surface area contributed by atoms with Gasteiger partial charge in [-0.1, -0.05) is 116 Å². The number of carbonyl (C=O) groups excluding carboxylic acids is 1. The summed E-state index contributed by atoms with van der Waals surface area (Å²) in [5.41, 5.74) is 3.21. The monoisotopic (exact) mass is 500 g/mol. The average Bonchev–Trinajstić information content (AvgIpc) is 2.98. The summed E-state index contributed by atoms with van der Waals surface area (Å²) >= 11 is 0. The van der Waals surface area contributed by atoms with Gasteiger partial charge in [0.15, 0.2) is 0 Å². The molecule has 192 valence electrons. The highest BCUT2D eigenvalue weighted by atomic mass is 16.5. The lowest BCUT2D eigenvalue weighted by Gasteiger charge is -2.60. The van der Waals surface area contributed by atoms with E-state index in [0.717, 1.165) is 38.5 Å². The number of esters is 1. The van der Waals surface area contributed by atoms with Crippen LogP contribution in [-0.4, -0.2) is 5.97 Å². The van der Waals surface area contributed by atoms with E-state index < -0.39 is 5.41 Å². The maximum absolute atomic E-state index is 14.5. The molecule has 0 saturated heterocycles. The first kappa shape index (κ1) is 24.7. The van der Waals surface area contributed by atoms with E-state index in [2.05, 4.69) is 97.9 Å². The molecule has 0 amide bonds. The Morgan fingerprint density at radius 2 is 1.24 bits per heavy atom. The molecule has 2 bridgehead atoms. The lowest BCUT2D eigenvalue weighted by Crippen LogP contribution is -2.57. The van der Waals surface area contributed by atoms with Gasteiger partial charge in [0.05, 0.1) is 5.41 Å². The zero-order valence-corrected chi connectivity index (χ0v) is 22.2. The Morgan fingerprint density at radius 3 is 1.84 bits per heavy atom. The molecule has 38 heavy (non-hydrogen) atoms. The molecule has 4 unspecified atom stereocenters. The van der Waals surface area contributed by atoms with Crippen LogP contribution in [0.15, 0.2) is 121 Å². The van der Waals surface area contributed by atoms with Crippen molar-refractivity contribution in [3.05, 3.63) is 138 Å². The summed E-state index contributed by atoms with van der Waals surface area (Å²) in [5, 5.41) is 0. The highest BCUT2D eigenvalue weighted by Gasteiger charge is 2.62. The third-order valence-corrected chi connectivity index (χ3v) is 9.41. The van der Waals surface area contributed by atoms with Crippen LogP contribution in [0.4, 0.5) is 0 Å². The van der Waals surface area contributed by atoms with Gasteiger partial charge in [0.2, 0.25) is 0 Å². The summed E-state index contributed by atoms with van der Waals surface area (Å²) in [6.45, 7) is 2.30. The molecule has 2 aliphatic carbocycles. The molecule has 2 saturated carbocycles. The zero-order valence-electron chi connectivity index (χ0n) is 22.2. The second-order valence-electron chi connectivity index (χ2n) is 11.7. The fourth-order valence-electron chi connectivity index (χ4n) is 7.89. The van der Waals surface area contributed by atoms with Gasteiger partial charge in [0.1, 0.15) is 5.75 Å². The lowest BCUT2D eigenvalue weighted by molar-refractivity contribution is -0.157. The number of rotatable bonds is 6. The van der Waals surface area contributed by atoms with E-state index >= 15 is 0 Å². The van der Waals surface area contributed by atoms with E-state index in [1.165, 1.54) is 16.7 Å². The van der Waals surface area contributed by atoms with Gasteiger partial charge in [-0.2, -0.15) is 0 Å². The third kappa shape index (κ3) is 4.36. The van der Waals surface area contributed by atoms with E-state index in [9.17, 15) is 4.79 Å². The van der Waals surface area contributed by atoms with Crippen molar-refractivity contribution in [2.45, 2.75) is 62.2 Å². The molecule has 0 aliphatic heterocycles. The molecule has 2 aliphatic rings. The van der Waals surface area contributed by atoms with Gasteiger partial charge in [-0.15, -0.1) is 0 Å². The van der Waals surface area contributed by atoms with Crippen LogP contribution in [0, 0.1) is 5.41 Å². The van der Waals surface area contributed by atoms with Crippen LogP contribution in [0.25, 0.3) is 0 Å². The van der Waals surface area contributed by atoms with Crippen molar-refractivity contribution in [1.82, 2.24) is 0 Å². The van der Waals surface area contributed by atoms with Crippen LogP contribution in [0.5, 0.6) is 5.75 Å². The van der Waals surface area contributed by atoms with Crippen molar-refractivity contribution in [2.24, 2.45) is 5.41 Å². The highest BCUT2D eigenvalue weighted by molar-refractivity contribution is 5.80. The summed E-state index contributed by atoms with van der Waals surface area (Å²) in [4.78, 5) is 14.5. The highest BCUT2D eigenvalue weighted by Crippen LogP contribution is 2.66. The minimum absolute atomic E-state index is 0.0712. The summed E-state index contributed by atoms with van der Waals surface area (Å²) in [5.74, 6) is 0.851. The van der Waals surface area contributed by atoms with E-state index in [0.29, 0.717) is 11.7 Å². The van der Waals surface area contributed by atoms with E-state index in [-0.39, 0.29) is 16.8 Å². The second-order valence-corrected chi connectivity index (χ2v) is 11.7. The van der Waals surface area contributed by atoms with Crippen LogP contribution < -0.4 is 4.74 Å². The first-order valence-corrected chi connectivity index (χ1v) is 14.0. The van der Waals surface area contributed by atoms with Crippen molar-refractivity contribution in [3.8, 4) is 5.75 Å². The van der Waals surface area contributed by atoms with Crippen molar-refractivity contribution < 1.29 is 9.53 Å². The van der Waals surface area contributed by atoms with Gasteiger partial charge in [-0.05, 0) is 84.1 Å². The van der Waals surface area contributed by atoms with Crippen LogP contribution in [-0.2, 0) is 15.6 Å². The van der Waals surface area contributed by atoms with Gasteiger partial charge < -0.3 is 4.74 Å². The van der Waals surface area contributed by atoms with Crippen molar-refractivity contribution >= 4 is 5.97 Å². The molecule has 0 N–H and O–H groups in total. The quantitative estimate of drug-likeness (QED) is 0.196. The predicted molar refractivity (Wildman–Crippen MR) is 153 cm³/mol. The molecule has 0 radical (unpaired) electrons. The number of hydrogen-bond donors (Lipinski definition) is 0. The van der Waals surface area contributed by atoms with Crippen LogP contribution in [0.3, 0.4) is 0 Å². The van der Waals surface area contributed by atoms with Gasteiger partial charge in [0, 0.05) is 0 Å². The molecule has 2 nitrogen and oxygen atoms in total. The molecule has 0 heterocycles. The summed E-state index contributed by atoms with van der Waals surface area (Å²) in [7, 11) is 0. The fraction of sp³-hybridized carbons (Fsp3) is 0.306. The van der Waals surface area contributed by atoms with Crippen molar-refractivity contribution in [2.75, 3.05) is 0 Å². The third-order valence-electron chi connectivity index (χ3n) is 9.41. The van der Waals surface area contributed by atoms with Gasteiger partial charge in [-0.25, -0.2) is 0 Å². The van der Waals surface area contributed by atoms with Crippen LogP contribution in [0.2, 0.25) is 0 Å². The Hall–Kier alpha value is -3.65. The van der Waals surface area contributed by atoms with E-state index in [1.807, 2.05) is 30.3 Å². The molecule has 2 fully saturated rings. The van der Waals surface area contributed by atoms with Crippen molar-refractivity contribution in [3.63, 3.8) is 0 Å². The first-order valence-electron chi connectivity index (χ1n) is 14.0. The van der Waals surface area contributed by atoms with Gasteiger partial charge in [0.25, 0.3) is 0 Å². The average molecular weight is 501 g/mol. The zero-order chi connectivity index (χ0) is 26.1. The number of para-hydroxylation sites is 1. The second kappa shape index (κ2) is 9.91.